The van der Waals surface area contributed by atoms with Crippen LogP contribution in [0.4, 0.5) is 4.79 Å². The number of carbonyl (C=O) groups is 1. The highest BCUT2D eigenvalue weighted by molar-refractivity contribution is 5.68. The zero-order chi connectivity index (χ0) is 19.5. The molecule has 1 saturated heterocycles. The lowest BCUT2D eigenvalue weighted by Crippen LogP contribution is -2.42. The summed E-state index contributed by atoms with van der Waals surface area (Å²) in [5.41, 5.74) is -0.605. The minimum absolute atomic E-state index is 0.144. The molecule has 0 aliphatic carbocycles. The molecule has 1 aliphatic heterocycles. The second-order valence-corrected chi connectivity index (χ2v) is 9.25. The molecule has 0 radical (unpaired) electrons. The van der Waals surface area contributed by atoms with Crippen molar-refractivity contribution in [2.24, 2.45) is 0 Å². The molecule has 0 aromatic carbocycles. The van der Waals surface area contributed by atoms with Crippen molar-refractivity contribution in [3.05, 3.63) is 11.7 Å². The number of likely N-dealkylation sites (tertiary alicyclic amines) is 1. The molecule has 1 N–H and O–H groups in total. The predicted molar refractivity (Wildman–Crippen MR) is 99.9 cm³/mol. The molecular weight excluding hydrogens is 332 g/mol. The predicted octanol–water partition coefficient (Wildman–Crippen LogP) is 3.63. The van der Waals surface area contributed by atoms with Crippen LogP contribution in [0.25, 0.3) is 0 Å². The Kier molecular flexibility index (Phi) is 6.32. The van der Waals surface area contributed by atoms with Gasteiger partial charge in [-0.05, 0) is 47.0 Å². The van der Waals surface area contributed by atoms with Crippen LogP contribution < -0.4 is 5.32 Å². The van der Waals surface area contributed by atoms with Crippen molar-refractivity contribution in [1.29, 1.82) is 0 Å². The molecule has 7 nitrogen and oxygen atoms in total. The van der Waals surface area contributed by atoms with Crippen LogP contribution in [0.5, 0.6) is 0 Å². The number of ether oxygens (including phenoxy) is 1. The minimum Gasteiger partial charge on any atom is -0.444 e. The molecule has 1 aromatic heterocycles. The van der Waals surface area contributed by atoms with E-state index in [1.54, 1.807) is 0 Å². The second-order valence-electron chi connectivity index (χ2n) is 9.25. The number of rotatable bonds is 5. The molecule has 0 bridgehead atoms. The van der Waals surface area contributed by atoms with Crippen molar-refractivity contribution in [1.82, 2.24) is 20.4 Å². The normalized spacial score (nSPS) is 19.7. The van der Waals surface area contributed by atoms with Gasteiger partial charge in [0.15, 0.2) is 5.82 Å². The molecule has 1 amide bonds. The van der Waals surface area contributed by atoms with Gasteiger partial charge in [-0.3, -0.25) is 0 Å². The lowest BCUT2D eigenvalue weighted by Gasteiger charge is -2.30. The summed E-state index contributed by atoms with van der Waals surface area (Å²) in [6, 6.07) is 0.447. The van der Waals surface area contributed by atoms with E-state index in [0.29, 0.717) is 18.3 Å². The summed E-state index contributed by atoms with van der Waals surface area (Å²) < 4.78 is 10.9. The highest BCUT2D eigenvalue weighted by Crippen LogP contribution is 2.24. The molecule has 7 heteroatoms. The maximum Gasteiger partial charge on any atom is 0.410 e. The minimum atomic E-state index is -0.461. The van der Waals surface area contributed by atoms with E-state index in [2.05, 4.69) is 22.4 Å². The summed E-state index contributed by atoms with van der Waals surface area (Å²) in [6.07, 6.45) is 2.71. The lowest BCUT2D eigenvalue weighted by molar-refractivity contribution is 0.0214. The number of hydrogen-bond donors (Lipinski definition) is 1. The van der Waals surface area contributed by atoms with Gasteiger partial charge in [-0.25, -0.2) is 4.79 Å². The fourth-order valence-corrected chi connectivity index (χ4v) is 3.03. The molecule has 0 unspecified atom stereocenters. The van der Waals surface area contributed by atoms with Crippen LogP contribution in [0.15, 0.2) is 4.52 Å². The van der Waals surface area contributed by atoms with Gasteiger partial charge in [0.1, 0.15) is 5.60 Å². The van der Waals surface area contributed by atoms with E-state index in [-0.39, 0.29) is 23.6 Å². The van der Waals surface area contributed by atoms with E-state index in [1.807, 2.05) is 46.4 Å². The molecule has 2 atom stereocenters. The monoisotopic (exact) mass is 366 g/mol. The van der Waals surface area contributed by atoms with Gasteiger partial charge in [-0.1, -0.05) is 25.9 Å². The van der Waals surface area contributed by atoms with Gasteiger partial charge in [-0.15, -0.1) is 0 Å². The van der Waals surface area contributed by atoms with Crippen LogP contribution in [-0.4, -0.2) is 45.4 Å². The SMILES string of the molecule is C[C@H](C[C@@H]1CCCN1C(=O)OC(C)(C)C)NCc1noc(C(C)(C)C)n1. The quantitative estimate of drug-likeness (QED) is 0.857. The van der Waals surface area contributed by atoms with Crippen LogP contribution in [0, 0.1) is 0 Å². The van der Waals surface area contributed by atoms with Gasteiger partial charge in [0, 0.05) is 24.0 Å². The average Bonchev–Trinajstić information content (AvgIpc) is 3.11. The Hall–Kier alpha value is -1.63. The Labute approximate surface area is 156 Å². The second kappa shape index (κ2) is 7.94. The smallest absolute Gasteiger partial charge is 0.410 e. The summed E-state index contributed by atoms with van der Waals surface area (Å²) >= 11 is 0. The van der Waals surface area contributed by atoms with Crippen molar-refractivity contribution in [3.8, 4) is 0 Å². The molecule has 2 rings (SSSR count). The maximum atomic E-state index is 12.4. The summed E-state index contributed by atoms with van der Waals surface area (Å²) in [5.74, 6) is 1.31. The number of carbonyl (C=O) groups excluding carboxylic acids is 1. The van der Waals surface area contributed by atoms with E-state index >= 15 is 0 Å². The molecule has 1 fully saturated rings. The summed E-state index contributed by atoms with van der Waals surface area (Å²) in [7, 11) is 0. The van der Waals surface area contributed by atoms with Crippen LogP contribution in [0.1, 0.15) is 79.4 Å². The number of nitrogens with one attached hydrogen (secondary N) is 1. The summed E-state index contributed by atoms with van der Waals surface area (Å²) in [4.78, 5) is 18.7. The van der Waals surface area contributed by atoms with E-state index < -0.39 is 5.60 Å². The molecule has 2 heterocycles. The molecular formula is C19H34N4O3. The molecule has 1 aromatic rings. The first-order valence-corrected chi connectivity index (χ1v) is 9.52. The van der Waals surface area contributed by atoms with Crippen molar-refractivity contribution in [3.63, 3.8) is 0 Å². The molecule has 0 spiro atoms. The number of amides is 1. The van der Waals surface area contributed by atoms with Crippen molar-refractivity contribution in [2.75, 3.05) is 6.54 Å². The van der Waals surface area contributed by atoms with Crippen molar-refractivity contribution < 1.29 is 14.1 Å². The fraction of sp³-hybridized carbons (Fsp3) is 0.842. The summed E-state index contributed by atoms with van der Waals surface area (Å²) in [6.45, 7) is 15.3. The highest BCUT2D eigenvalue weighted by Gasteiger charge is 2.33. The first-order chi connectivity index (χ1) is 12.0. The topological polar surface area (TPSA) is 80.5 Å². The van der Waals surface area contributed by atoms with Gasteiger partial charge in [-0.2, -0.15) is 4.98 Å². The van der Waals surface area contributed by atoms with Crippen molar-refractivity contribution in [2.45, 2.75) is 97.4 Å². The molecule has 148 valence electrons. The zero-order valence-electron chi connectivity index (χ0n) is 17.3. The standard InChI is InChI=1S/C19H34N4O3/c1-13(20-12-15-21-16(26-22-15)18(2,3)4)11-14-9-8-10-23(14)17(24)25-19(5,6)7/h13-14,20H,8-12H2,1-7H3/t13-,14+/m1/s1. The summed E-state index contributed by atoms with van der Waals surface area (Å²) in [5, 5.41) is 7.47. The number of aromatic nitrogens is 2. The van der Waals surface area contributed by atoms with Gasteiger partial charge < -0.3 is 19.5 Å². The average molecular weight is 367 g/mol. The third-order valence-corrected chi connectivity index (χ3v) is 4.35. The van der Waals surface area contributed by atoms with Gasteiger partial charge in [0.2, 0.25) is 5.89 Å². The van der Waals surface area contributed by atoms with Gasteiger partial charge >= 0.3 is 6.09 Å². The Morgan fingerprint density at radius 3 is 2.62 bits per heavy atom. The zero-order valence-corrected chi connectivity index (χ0v) is 17.3. The maximum absolute atomic E-state index is 12.4. The Morgan fingerprint density at radius 2 is 2.04 bits per heavy atom. The van der Waals surface area contributed by atoms with E-state index in [0.717, 1.165) is 25.8 Å². The third-order valence-electron chi connectivity index (χ3n) is 4.35. The lowest BCUT2D eigenvalue weighted by atomic mass is 9.97. The van der Waals surface area contributed by atoms with Crippen molar-refractivity contribution >= 4 is 6.09 Å². The van der Waals surface area contributed by atoms with Crippen LogP contribution in [-0.2, 0) is 16.7 Å². The first kappa shape index (κ1) is 20.7. The fourth-order valence-electron chi connectivity index (χ4n) is 3.03. The van der Waals surface area contributed by atoms with E-state index in [4.69, 9.17) is 9.26 Å². The first-order valence-electron chi connectivity index (χ1n) is 9.52. The van der Waals surface area contributed by atoms with Gasteiger partial charge in [0.05, 0.1) is 6.54 Å². The Bertz CT molecular complexity index is 601. The van der Waals surface area contributed by atoms with E-state index in [1.165, 1.54) is 0 Å². The Morgan fingerprint density at radius 1 is 1.35 bits per heavy atom. The highest BCUT2D eigenvalue weighted by atomic mass is 16.6. The van der Waals surface area contributed by atoms with E-state index in [9.17, 15) is 4.79 Å². The third kappa shape index (κ3) is 5.97. The van der Waals surface area contributed by atoms with Crippen LogP contribution in [0.2, 0.25) is 0 Å². The molecule has 26 heavy (non-hydrogen) atoms. The van der Waals surface area contributed by atoms with Crippen LogP contribution >= 0.6 is 0 Å². The molecule has 1 aliphatic rings. The Balaban J connectivity index is 1.84. The van der Waals surface area contributed by atoms with Gasteiger partial charge in [0.25, 0.3) is 0 Å². The molecule has 0 saturated carbocycles. The van der Waals surface area contributed by atoms with Crippen LogP contribution in [0.3, 0.4) is 0 Å². The number of hydrogen-bond acceptors (Lipinski definition) is 6. The number of nitrogens with zero attached hydrogens (tertiary/aromatic N) is 3. The largest absolute Gasteiger partial charge is 0.444 e.